The first kappa shape index (κ1) is 15.5. The third-order valence-corrected chi connectivity index (χ3v) is 5.52. The van der Waals surface area contributed by atoms with Gasteiger partial charge >= 0.3 is 0 Å². The number of carbonyl (C=O) groups excluding carboxylic acids is 2. The predicted molar refractivity (Wildman–Crippen MR) is 85.0 cm³/mol. The number of carbonyl (C=O) groups is 2. The molecule has 22 heavy (non-hydrogen) atoms. The van der Waals surface area contributed by atoms with E-state index < -0.39 is 0 Å². The number of thiophene rings is 1. The molecule has 0 radical (unpaired) electrons. The molecule has 2 aliphatic heterocycles. The van der Waals surface area contributed by atoms with Crippen LogP contribution in [0.3, 0.4) is 0 Å². The van der Waals surface area contributed by atoms with Gasteiger partial charge in [0.1, 0.15) is 6.10 Å². The third kappa shape index (κ3) is 2.90. The van der Waals surface area contributed by atoms with E-state index in [1.54, 1.807) is 19.0 Å². The van der Waals surface area contributed by atoms with Gasteiger partial charge in [-0.25, -0.2) is 0 Å². The summed E-state index contributed by atoms with van der Waals surface area (Å²) < 4.78 is 6.11. The molecule has 1 aromatic heterocycles. The highest BCUT2D eigenvalue weighted by atomic mass is 32.1. The lowest BCUT2D eigenvalue weighted by Crippen LogP contribution is -2.47. The van der Waals surface area contributed by atoms with Crippen LogP contribution in [0, 0.1) is 0 Å². The Morgan fingerprint density at radius 2 is 2.05 bits per heavy atom. The van der Waals surface area contributed by atoms with Gasteiger partial charge in [0.05, 0.1) is 10.5 Å². The Kier molecular flexibility index (Phi) is 4.23. The summed E-state index contributed by atoms with van der Waals surface area (Å²) in [4.78, 5) is 28.7. The van der Waals surface area contributed by atoms with Gasteiger partial charge in [0, 0.05) is 27.2 Å². The van der Waals surface area contributed by atoms with Crippen molar-refractivity contribution in [1.29, 1.82) is 0 Å². The standard InChI is InChI=1S/C16H22N2O3S/c1-17(2)14(19)12-5-6-16(21-12)7-9-18(10-8-16)15(20)13-4-3-11-22-13/h3-4,11-12H,5-10H2,1-2H3/t12-/m1/s1. The lowest BCUT2D eigenvalue weighted by atomic mass is 9.88. The van der Waals surface area contributed by atoms with Gasteiger partial charge in [0.2, 0.25) is 0 Å². The zero-order valence-electron chi connectivity index (χ0n) is 13.1. The highest BCUT2D eigenvalue weighted by Gasteiger charge is 2.45. The van der Waals surface area contributed by atoms with Crippen molar-refractivity contribution in [3.05, 3.63) is 22.4 Å². The number of rotatable bonds is 2. The quantitative estimate of drug-likeness (QED) is 0.837. The summed E-state index contributed by atoms with van der Waals surface area (Å²) in [6.45, 7) is 1.42. The molecule has 0 bridgehead atoms. The normalized spacial score (nSPS) is 23.7. The minimum atomic E-state index is -0.311. The van der Waals surface area contributed by atoms with Crippen LogP contribution in [0.4, 0.5) is 0 Å². The maximum Gasteiger partial charge on any atom is 0.263 e. The summed E-state index contributed by atoms with van der Waals surface area (Å²) in [6, 6.07) is 3.77. The second-order valence-corrected chi connectivity index (χ2v) is 7.28. The summed E-state index contributed by atoms with van der Waals surface area (Å²) in [5, 5.41) is 1.93. The number of nitrogens with zero attached hydrogens (tertiary/aromatic N) is 2. The number of piperidine rings is 1. The summed E-state index contributed by atoms with van der Waals surface area (Å²) in [5.74, 6) is 0.165. The summed E-state index contributed by atoms with van der Waals surface area (Å²) in [6.07, 6.45) is 3.03. The first-order valence-corrected chi connectivity index (χ1v) is 8.60. The third-order valence-electron chi connectivity index (χ3n) is 4.66. The molecular formula is C16H22N2O3S. The molecule has 1 atom stereocenters. The maximum absolute atomic E-state index is 12.4. The molecule has 3 heterocycles. The van der Waals surface area contributed by atoms with E-state index in [1.165, 1.54) is 11.3 Å². The SMILES string of the molecule is CN(C)C(=O)[C@H]1CCC2(CCN(C(=O)c3cccs3)CC2)O1. The van der Waals surface area contributed by atoms with E-state index in [1.807, 2.05) is 22.4 Å². The summed E-state index contributed by atoms with van der Waals surface area (Å²) in [7, 11) is 3.53. The number of ether oxygens (including phenoxy) is 1. The summed E-state index contributed by atoms with van der Waals surface area (Å²) in [5.41, 5.74) is -0.206. The molecule has 0 aromatic carbocycles. The van der Waals surface area contributed by atoms with Gasteiger partial charge in [0.15, 0.2) is 0 Å². The zero-order valence-corrected chi connectivity index (χ0v) is 13.9. The van der Waals surface area contributed by atoms with Crippen molar-refractivity contribution < 1.29 is 14.3 Å². The molecule has 2 saturated heterocycles. The molecule has 0 unspecified atom stereocenters. The minimum absolute atomic E-state index is 0.0500. The fourth-order valence-corrected chi connectivity index (χ4v) is 4.01. The van der Waals surface area contributed by atoms with Gasteiger partial charge in [-0.15, -0.1) is 11.3 Å². The molecule has 5 nitrogen and oxygen atoms in total. The van der Waals surface area contributed by atoms with Crippen molar-refractivity contribution in [1.82, 2.24) is 9.80 Å². The van der Waals surface area contributed by atoms with Crippen LogP contribution in [0.2, 0.25) is 0 Å². The Bertz CT molecular complexity index is 548. The molecule has 0 saturated carbocycles. The number of hydrogen-bond acceptors (Lipinski definition) is 4. The fraction of sp³-hybridized carbons (Fsp3) is 0.625. The lowest BCUT2D eigenvalue weighted by molar-refractivity contribution is -0.148. The van der Waals surface area contributed by atoms with E-state index in [0.717, 1.165) is 30.6 Å². The van der Waals surface area contributed by atoms with Crippen LogP contribution in [0.15, 0.2) is 17.5 Å². The molecule has 1 aromatic rings. The second kappa shape index (κ2) is 6.01. The van der Waals surface area contributed by atoms with E-state index in [0.29, 0.717) is 13.1 Å². The zero-order chi connectivity index (χ0) is 15.7. The van der Waals surface area contributed by atoms with Crippen LogP contribution in [-0.2, 0) is 9.53 Å². The van der Waals surface area contributed by atoms with Crippen molar-refractivity contribution in [3.63, 3.8) is 0 Å². The van der Waals surface area contributed by atoms with Crippen molar-refractivity contribution in [2.75, 3.05) is 27.2 Å². The molecule has 2 amide bonds. The van der Waals surface area contributed by atoms with E-state index in [2.05, 4.69) is 0 Å². The number of hydrogen-bond donors (Lipinski definition) is 0. The van der Waals surface area contributed by atoms with Crippen LogP contribution in [0.5, 0.6) is 0 Å². The van der Waals surface area contributed by atoms with E-state index in [-0.39, 0.29) is 23.5 Å². The second-order valence-electron chi connectivity index (χ2n) is 6.33. The highest BCUT2D eigenvalue weighted by molar-refractivity contribution is 7.12. The molecule has 6 heteroatoms. The Labute approximate surface area is 134 Å². The van der Waals surface area contributed by atoms with Crippen LogP contribution in [0.25, 0.3) is 0 Å². The molecule has 2 aliphatic rings. The maximum atomic E-state index is 12.4. The minimum Gasteiger partial charge on any atom is -0.362 e. The van der Waals surface area contributed by atoms with Crippen molar-refractivity contribution in [2.45, 2.75) is 37.4 Å². The van der Waals surface area contributed by atoms with Crippen LogP contribution in [0.1, 0.15) is 35.4 Å². The molecule has 120 valence electrons. The van der Waals surface area contributed by atoms with E-state index in [4.69, 9.17) is 4.74 Å². The van der Waals surface area contributed by atoms with Crippen LogP contribution >= 0.6 is 11.3 Å². The average molecular weight is 322 g/mol. The van der Waals surface area contributed by atoms with E-state index in [9.17, 15) is 9.59 Å². The molecule has 2 fully saturated rings. The summed E-state index contributed by atoms with van der Waals surface area (Å²) >= 11 is 1.48. The monoisotopic (exact) mass is 322 g/mol. The van der Waals surface area contributed by atoms with Gasteiger partial charge < -0.3 is 14.5 Å². The number of likely N-dealkylation sites (N-methyl/N-ethyl adjacent to an activating group) is 1. The highest BCUT2D eigenvalue weighted by Crippen LogP contribution is 2.39. The molecule has 0 N–H and O–H groups in total. The van der Waals surface area contributed by atoms with Gasteiger partial charge in [0.25, 0.3) is 11.8 Å². The largest absolute Gasteiger partial charge is 0.362 e. The van der Waals surface area contributed by atoms with Crippen LogP contribution < -0.4 is 0 Å². The molecule has 0 aliphatic carbocycles. The number of likely N-dealkylation sites (tertiary alicyclic amines) is 1. The van der Waals surface area contributed by atoms with Gasteiger partial charge in [-0.05, 0) is 37.1 Å². The van der Waals surface area contributed by atoms with Gasteiger partial charge in [-0.1, -0.05) is 6.07 Å². The fourth-order valence-electron chi connectivity index (χ4n) is 3.32. The predicted octanol–water partition coefficient (Wildman–Crippen LogP) is 1.99. The van der Waals surface area contributed by atoms with E-state index >= 15 is 0 Å². The smallest absolute Gasteiger partial charge is 0.263 e. The van der Waals surface area contributed by atoms with Crippen molar-refractivity contribution in [3.8, 4) is 0 Å². The molecular weight excluding hydrogens is 300 g/mol. The first-order valence-electron chi connectivity index (χ1n) is 7.72. The number of amides is 2. The Morgan fingerprint density at radius 3 is 2.64 bits per heavy atom. The Hall–Kier alpha value is -1.40. The Balaban J connectivity index is 1.58. The van der Waals surface area contributed by atoms with Crippen molar-refractivity contribution >= 4 is 23.2 Å². The first-order chi connectivity index (χ1) is 10.5. The Morgan fingerprint density at radius 1 is 1.32 bits per heavy atom. The average Bonchev–Trinajstić information content (AvgIpc) is 3.17. The van der Waals surface area contributed by atoms with Crippen LogP contribution in [-0.4, -0.2) is 60.5 Å². The molecule has 3 rings (SSSR count). The lowest BCUT2D eigenvalue weighted by Gasteiger charge is -2.39. The topological polar surface area (TPSA) is 49.9 Å². The molecule has 1 spiro atoms. The van der Waals surface area contributed by atoms with Gasteiger partial charge in [-0.2, -0.15) is 0 Å². The van der Waals surface area contributed by atoms with Gasteiger partial charge in [-0.3, -0.25) is 9.59 Å². The van der Waals surface area contributed by atoms with Crippen molar-refractivity contribution in [2.24, 2.45) is 0 Å².